The van der Waals surface area contributed by atoms with Gasteiger partial charge in [0.05, 0.1) is 33.1 Å². The fourth-order valence-corrected chi connectivity index (χ4v) is 5.47. The maximum absolute atomic E-state index is 13.0. The van der Waals surface area contributed by atoms with Crippen LogP contribution in [0.25, 0.3) is 0 Å². The number of esters is 1. The van der Waals surface area contributed by atoms with Gasteiger partial charge in [-0.05, 0) is 37.9 Å². The number of hydrogen-bond acceptors (Lipinski definition) is 10. The molecule has 2 heterocycles. The molecule has 3 aromatic rings. The second-order valence-electron chi connectivity index (χ2n) is 7.66. The summed E-state index contributed by atoms with van der Waals surface area (Å²) < 4.78 is 17.1. The van der Waals surface area contributed by atoms with E-state index in [0.29, 0.717) is 0 Å². The molecule has 2 aliphatic rings. The van der Waals surface area contributed by atoms with Crippen LogP contribution >= 0.6 is 31.9 Å². The van der Waals surface area contributed by atoms with E-state index in [1.165, 1.54) is 6.07 Å². The number of phenolic OH excluding ortho intramolecular Hbond substituents is 1. The number of fused-ring (bicyclic) bond motifs is 6. The Labute approximate surface area is 217 Å². The lowest BCUT2D eigenvalue weighted by molar-refractivity contribution is -0.386. The highest BCUT2D eigenvalue weighted by molar-refractivity contribution is 9.11. The number of rotatable bonds is 5. The van der Waals surface area contributed by atoms with E-state index in [0.717, 1.165) is 12.1 Å². The van der Waals surface area contributed by atoms with Crippen molar-refractivity contribution >= 4 is 49.2 Å². The van der Waals surface area contributed by atoms with Crippen molar-refractivity contribution in [3.63, 3.8) is 0 Å². The number of carbonyl (C=O) groups is 1. The molecule has 14 heteroatoms. The summed E-state index contributed by atoms with van der Waals surface area (Å²) in [6, 6.07) is 8.36. The van der Waals surface area contributed by atoms with E-state index >= 15 is 0 Å². The van der Waals surface area contributed by atoms with Crippen molar-refractivity contribution in [2.45, 2.75) is 5.60 Å². The Balaban J connectivity index is 1.94. The van der Waals surface area contributed by atoms with Gasteiger partial charge in [-0.3, -0.25) is 20.2 Å². The third-order valence-electron chi connectivity index (χ3n) is 5.80. The van der Waals surface area contributed by atoms with Crippen LogP contribution in [0.2, 0.25) is 0 Å². The number of aliphatic hydroxyl groups is 1. The van der Waals surface area contributed by atoms with Crippen LogP contribution in [0.5, 0.6) is 23.0 Å². The van der Waals surface area contributed by atoms with E-state index in [1.807, 2.05) is 0 Å². The smallest absolute Gasteiger partial charge is 0.340 e. The molecule has 2 aliphatic heterocycles. The van der Waals surface area contributed by atoms with Gasteiger partial charge < -0.3 is 24.4 Å². The van der Waals surface area contributed by atoms with Gasteiger partial charge in [-0.1, -0.05) is 18.2 Å². The molecule has 0 radical (unpaired) electrons. The van der Waals surface area contributed by atoms with E-state index in [2.05, 4.69) is 31.9 Å². The van der Waals surface area contributed by atoms with Gasteiger partial charge in [0.25, 0.3) is 0 Å². The Morgan fingerprint density at radius 3 is 2.22 bits per heavy atom. The van der Waals surface area contributed by atoms with E-state index in [-0.39, 0.29) is 55.1 Å². The monoisotopic (exact) mass is 622 g/mol. The molecule has 0 bridgehead atoms. The third kappa shape index (κ3) is 3.18. The lowest BCUT2D eigenvalue weighted by Crippen LogP contribution is -2.33. The first kappa shape index (κ1) is 24.0. The Bertz CT molecular complexity index is 1510. The van der Waals surface area contributed by atoms with Crippen molar-refractivity contribution < 1.29 is 39.1 Å². The molecular formula is C22H12Br2N2O10. The van der Waals surface area contributed by atoms with Crippen LogP contribution < -0.4 is 9.47 Å². The maximum atomic E-state index is 13.0. The largest absolute Gasteiger partial charge is 0.501 e. The van der Waals surface area contributed by atoms with Crippen LogP contribution in [-0.2, 0) is 10.3 Å². The number of halogens is 2. The number of nitro groups is 2. The van der Waals surface area contributed by atoms with Crippen LogP contribution in [0, 0.1) is 20.2 Å². The highest BCUT2D eigenvalue weighted by atomic mass is 79.9. The summed E-state index contributed by atoms with van der Waals surface area (Å²) >= 11 is 6.41. The standard InChI is InChI=1S/C22H12Br2N2O10/c23-15-17(28)13(25(30)31)7-11-18(15)35-19-12(8-14(26(32)33)20(16(19)24)34-6-5-27)22(11)10-4-2-1-3-9(10)21(29)36-22/h1-4,7-8,27-28H,5-6H2. The zero-order valence-corrected chi connectivity index (χ0v) is 20.9. The zero-order valence-electron chi connectivity index (χ0n) is 17.7. The van der Waals surface area contributed by atoms with Crippen molar-refractivity contribution in [1.29, 1.82) is 0 Å². The summed E-state index contributed by atoms with van der Waals surface area (Å²) in [7, 11) is 0. The summed E-state index contributed by atoms with van der Waals surface area (Å²) in [6.07, 6.45) is 0. The Morgan fingerprint density at radius 2 is 1.58 bits per heavy atom. The van der Waals surface area contributed by atoms with Crippen molar-refractivity contribution in [2.75, 3.05) is 13.2 Å². The first-order chi connectivity index (χ1) is 17.1. The third-order valence-corrected chi connectivity index (χ3v) is 7.25. The zero-order chi connectivity index (χ0) is 25.9. The molecule has 0 saturated heterocycles. The summed E-state index contributed by atoms with van der Waals surface area (Å²) in [4.78, 5) is 35.1. The number of ether oxygens (including phenoxy) is 3. The molecule has 0 amide bonds. The summed E-state index contributed by atoms with van der Waals surface area (Å²) in [5.41, 5.74) is -2.77. The van der Waals surface area contributed by atoms with E-state index in [1.54, 1.807) is 18.2 Å². The van der Waals surface area contributed by atoms with Gasteiger partial charge in [-0.15, -0.1) is 0 Å². The van der Waals surface area contributed by atoms with Crippen molar-refractivity contribution in [3.8, 4) is 23.0 Å². The van der Waals surface area contributed by atoms with Gasteiger partial charge in [-0.25, -0.2) is 4.79 Å². The topological polar surface area (TPSA) is 172 Å². The fourth-order valence-electron chi connectivity index (χ4n) is 4.36. The predicted molar refractivity (Wildman–Crippen MR) is 128 cm³/mol. The Hall–Kier alpha value is -3.75. The van der Waals surface area contributed by atoms with E-state index in [9.17, 15) is 35.2 Å². The molecular weight excluding hydrogens is 612 g/mol. The van der Waals surface area contributed by atoms with Crippen molar-refractivity contribution in [1.82, 2.24) is 0 Å². The Morgan fingerprint density at radius 1 is 0.972 bits per heavy atom. The number of aliphatic hydroxyl groups excluding tert-OH is 1. The van der Waals surface area contributed by atoms with Crippen LogP contribution in [0.3, 0.4) is 0 Å². The molecule has 0 fully saturated rings. The summed E-state index contributed by atoms with van der Waals surface area (Å²) in [6.45, 7) is -0.698. The molecule has 1 unspecified atom stereocenters. The molecule has 5 rings (SSSR count). The number of hydrogen-bond donors (Lipinski definition) is 2. The molecule has 12 nitrogen and oxygen atoms in total. The van der Waals surface area contributed by atoms with Crippen molar-refractivity contribution in [3.05, 3.63) is 87.8 Å². The number of phenols is 1. The van der Waals surface area contributed by atoms with Crippen LogP contribution in [0.15, 0.2) is 45.3 Å². The summed E-state index contributed by atoms with van der Waals surface area (Å²) in [5, 5.41) is 43.3. The maximum Gasteiger partial charge on any atom is 0.340 e. The molecule has 2 N–H and O–H groups in total. The minimum absolute atomic E-state index is 0.00453. The minimum Gasteiger partial charge on any atom is -0.501 e. The highest BCUT2D eigenvalue weighted by Crippen LogP contribution is 2.63. The average Bonchev–Trinajstić information content (AvgIpc) is 3.14. The Kier molecular flexibility index (Phi) is 5.61. The predicted octanol–water partition coefficient (Wildman–Crippen LogP) is 4.67. The molecule has 0 aromatic heterocycles. The second-order valence-corrected chi connectivity index (χ2v) is 9.24. The molecule has 36 heavy (non-hydrogen) atoms. The molecule has 184 valence electrons. The van der Waals surface area contributed by atoms with Gasteiger partial charge in [0.2, 0.25) is 11.5 Å². The van der Waals surface area contributed by atoms with E-state index in [4.69, 9.17) is 14.2 Å². The molecule has 3 aromatic carbocycles. The minimum atomic E-state index is -1.90. The highest BCUT2D eigenvalue weighted by Gasteiger charge is 2.56. The summed E-state index contributed by atoms with van der Waals surface area (Å²) in [5.74, 6) is -1.93. The van der Waals surface area contributed by atoms with Crippen molar-refractivity contribution in [2.24, 2.45) is 0 Å². The lowest BCUT2D eigenvalue weighted by atomic mass is 9.77. The SMILES string of the molecule is O=C1OC2(c3ccccc31)c1cc([N+](=O)[O-])c(O)c(Br)c1Oc1c2cc([N+](=O)[O-])c(OCCO)c1Br. The van der Waals surface area contributed by atoms with Gasteiger partial charge in [0, 0.05) is 17.7 Å². The van der Waals surface area contributed by atoms with Crippen LogP contribution in [-0.4, -0.2) is 39.2 Å². The van der Waals surface area contributed by atoms with Gasteiger partial charge in [0.15, 0.2) is 17.1 Å². The second kappa shape index (κ2) is 8.43. The molecule has 1 spiro atoms. The number of aromatic hydroxyl groups is 1. The van der Waals surface area contributed by atoms with Gasteiger partial charge in [0.1, 0.15) is 15.6 Å². The first-order valence-corrected chi connectivity index (χ1v) is 11.7. The molecule has 0 aliphatic carbocycles. The van der Waals surface area contributed by atoms with Crippen LogP contribution in [0.4, 0.5) is 11.4 Å². The number of carbonyl (C=O) groups excluding carboxylic acids is 1. The molecule has 0 saturated carbocycles. The molecule has 1 atom stereocenters. The number of nitro benzene ring substituents is 2. The van der Waals surface area contributed by atoms with Gasteiger partial charge >= 0.3 is 17.3 Å². The quantitative estimate of drug-likeness (QED) is 0.231. The number of nitrogens with zero attached hydrogens (tertiary/aromatic N) is 2. The number of benzene rings is 3. The van der Waals surface area contributed by atoms with Gasteiger partial charge in [-0.2, -0.15) is 0 Å². The van der Waals surface area contributed by atoms with E-state index < -0.39 is 45.1 Å². The van der Waals surface area contributed by atoms with Crippen LogP contribution in [0.1, 0.15) is 27.0 Å². The average molecular weight is 624 g/mol. The normalized spacial score (nSPS) is 17.0. The lowest BCUT2D eigenvalue weighted by Gasteiger charge is -2.37. The first-order valence-electron chi connectivity index (χ1n) is 10.1. The fraction of sp³-hybridized carbons (Fsp3) is 0.136.